The van der Waals surface area contributed by atoms with E-state index >= 15 is 0 Å². The molecule has 1 unspecified atom stereocenters. The fourth-order valence-corrected chi connectivity index (χ4v) is 3.46. The molecule has 0 aromatic heterocycles. The molecular formula is C19H21BrO. The Morgan fingerprint density at radius 2 is 1.67 bits per heavy atom. The van der Waals surface area contributed by atoms with E-state index in [1.807, 2.05) is 6.07 Å². The van der Waals surface area contributed by atoms with Crippen LogP contribution in [0.4, 0.5) is 0 Å². The number of benzene rings is 2. The van der Waals surface area contributed by atoms with Gasteiger partial charge in [-0.15, -0.1) is 0 Å². The van der Waals surface area contributed by atoms with E-state index in [4.69, 9.17) is 0 Å². The van der Waals surface area contributed by atoms with Crippen LogP contribution in [0.3, 0.4) is 0 Å². The Morgan fingerprint density at radius 1 is 0.905 bits per heavy atom. The van der Waals surface area contributed by atoms with Crippen molar-refractivity contribution in [1.29, 1.82) is 0 Å². The molecule has 0 amide bonds. The van der Waals surface area contributed by atoms with Crippen molar-refractivity contribution >= 4 is 26.7 Å². The monoisotopic (exact) mass is 344 g/mol. The van der Waals surface area contributed by atoms with Crippen molar-refractivity contribution in [1.82, 2.24) is 0 Å². The summed E-state index contributed by atoms with van der Waals surface area (Å²) in [4.78, 5) is 0. The molecule has 0 heterocycles. The summed E-state index contributed by atoms with van der Waals surface area (Å²) < 4.78 is 1.09. The van der Waals surface area contributed by atoms with E-state index in [1.165, 1.54) is 42.0 Å². The summed E-state index contributed by atoms with van der Waals surface area (Å²) in [5, 5.41) is 13.1. The molecule has 0 spiro atoms. The van der Waals surface area contributed by atoms with Crippen LogP contribution in [-0.2, 0) is 0 Å². The second kappa shape index (κ2) is 6.76. The average Bonchev–Trinajstić information content (AvgIpc) is 2.46. The topological polar surface area (TPSA) is 20.2 Å². The van der Waals surface area contributed by atoms with Gasteiger partial charge < -0.3 is 5.11 Å². The highest BCUT2D eigenvalue weighted by Gasteiger charge is 2.14. The van der Waals surface area contributed by atoms with Gasteiger partial charge in [-0.05, 0) is 65.8 Å². The zero-order chi connectivity index (χ0) is 14.7. The molecule has 1 atom stereocenters. The standard InChI is InChI=1S/C19H21BrO/c20-18-11-10-15-12-17(9-8-16(15)13-18)19(21)14-6-4-2-1-3-5-7-14/h6,8-13,19,21H,1-5,7H2/b14-6+. The van der Waals surface area contributed by atoms with E-state index < -0.39 is 6.10 Å². The van der Waals surface area contributed by atoms with Crippen molar-refractivity contribution in [2.75, 3.05) is 0 Å². The van der Waals surface area contributed by atoms with Crippen LogP contribution in [0.1, 0.15) is 50.2 Å². The number of allylic oxidation sites excluding steroid dienone is 1. The summed E-state index contributed by atoms with van der Waals surface area (Å²) in [6.45, 7) is 0. The van der Waals surface area contributed by atoms with Crippen LogP contribution in [0, 0.1) is 0 Å². The molecule has 0 saturated carbocycles. The Kier molecular flexibility index (Phi) is 4.77. The fourth-order valence-electron chi connectivity index (χ4n) is 3.08. The van der Waals surface area contributed by atoms with Crippen LogP contribution in [-0.4, -0.2) is 5.11 Å². The van der Waals surface area contributed by atoms with Crippen LogP contribution in [0.2, 0.25) is 0 Å². The maximum Gasteiger partial charge on any atom is 0.100 e. The first-order valence-corrected chi connectivity index (χ1v) is 8.59. The van der Waals surface area contributed by atoms with Gasteiger partial charge in [-0.3, -0.25) is 0 Å². The SMILES string of the molecule is OC(/C1=C/CCCCCC1)c1ccc2cc(Br)ccc2c1. The minimum Gasteiger partial charge on any atom is -0.384 e. The van der Waals surface area contributed by atoms with Gasteiger partial charge in [-0.25, -0.2) is 0 Å². The van der Waals surface area contributed by atoms with Crippen LogP contribution in [0.15, 0.2) is 52.5 Å². The van der Waals surface area contributed by atoms with Crippen LogP contribution in [0.25, 0.3) is 10.8 Å². The van der Waals surface area contributed by atoms with Crippen molar-refractivity contribution in [3.05, 3.63) is 58.1 Å². The van der Waals surface area contributed by atoms with E-state index in [1.54, 1.807) is 0 Å². The van der Waals surface area contributed by atoms with Crippen molar-refractivity contribution in [2.24, 2.45) is 0 Å². The van der Waals surface area contributed by atoms with Crippen LogP contribution in [0.5, 0.6) is 0 Å². The normalized spacial score (nSPS) is 20.4. The molecule has 110 valence electrons. The van der Waals surface area contributed by atoms with Gasteiger partial charge in [0.15, 0.2) is 0 Å². The molecule has 2 aromatic carbocycles. The highest BCUT2D eigenvalue weighted by atomic mass is 79.9. The lowest BCUT2D eigenvalue weighted by Crippen LogP contribution is -2.03. The molecule has 1 nitrogen and oxygen atoms in total. The lowest BCUT2D eigenvalue weighted by molar-refractivity contribution is 0.209. The highest BCUT2D eigenvalue weighted by Crippen LogP contribution is 2.31. The maximum atomic E-state index is 10.7. The largest absolute Gasteiger partial charge is 0.384 e. The molecule has 0 bridgehead atoms. The zero-order valence-corrected chi connectivity index (χ0v) is 13.8. The summed E-state index contributed by atoms with van der Waals surface area (Å²) in [5.41, 5.74) is 2.21. The molecule has 0 fully saturated rings. The van der Waals surface area contributed by atoms with Gasteiger partial charge in [0, 0.05) is 4.47 Å². The van der Waals surface area contributed by atoms with Gasteiger partial charge in [-0.1, -0.05) is 53.0 Å². The maximum absolute atomic E-state index is 10.7. The Morgan fingerprint density at radius 3 is 2.57 bits per heavy atom. The average molecular weight is 345 g/mol. The number of aliphatic hydroxyl groups excluding tert-OH is 1. The summed E-state index contributed by atoms with van der Waals surface area (Å²) in [7, 11) is 0. The molecular weight excluding hydrogens is 324 g/mol. The lowest BCUT2D eigenvalue weighted by atomic mass is 9.92. The summed E-state index contributed by atoms with van der Waals surface area (Å²) in [6.07, 6.45) is 9.00. The quantitative estimate of drug-likeness (QED) is 0.670. The van der Waals surface area contributed by atoms with Gasteiger partial charge in [0.25, 0.3) is 0 Å². The molecule has 21 heavy (non-hydrogen) atoms. The molecule has 2 heteroatoms. The first-order valence-electron chi connectivity index (χ1n) is 7.80. The van der Waals surface area contributed by atoms with E-state index in [2.05, 4.69) is 52.3 Å². The predicted octanol–water partition coefficient (Wildman–Crippen LogP) is 5.92. The van der Waals surface area contributed by atoms with E-state index in [9.17, 15) is 5.11 Å². The second-order valence-electron chi connectivity index (χ2n) is 5.89. The van der Waals surface area contributed by atoms with Gasteiger partial charge in [0.2, 0.25) is 0 Å². The molecule has 1 N–H and O–H groups in total. The van der Waals surface area contributed by atoms with Crippen LogP contribution >= 0.6 is 15.9 Å². The molecule has 0 radical (unpaired) electrons. The fraction of sp³-hybridized carbons (Fsp3) is 0.368. The first-order chi connectivity index (χ1) is 10.2. The number of fused-ring (bicyclic) bond motifs is 1. The van der Waals surface area contributed by atoms with Crippen molar-refractivity contribution in [3.63, 3.8) is 0 Å². The van der Waals surface area contributed by atoms with E-state index in [0.29, 0.717) is 0 Å². The first kappa shape index (κ1) is 14.8. The molecule has 2 aromatic rings. The van der Waals surface area contributed by atoms with E-state index in [-0.39, 0.29) is 0 Å². The highest BCUT2D eigenvalue weighted by molar-refractivity contribution is 9.10. The molecule has 1 aliphatic carbocycles. The minimum absolute atomic E-state index is 0.448. The molecule has 3 rings (SSSR count). The van der Waals surface area contributed by atoms with Crippen LogP contribution < -0.4 is 0 Å². The number of aliphatic hydroxyl groups is 1. The Balaban J connectivity index is 1.89. The third-order valence-corrected chi connectivity index (χ3v) is 4.81. The Hall–Kier alpha value is -1.12. The van der Waals surface area contributed by atoms with Gasteiger partial charge in [0.1, 0.15) is 6.10 Å². The smallest absolute Gasteiger partial charge is 0.100 e. The minimum atomic E-state index is -0.448. The van der Waals surface area contributed by atoms with Crippen molar-refractivity contribution in [2.45, 2.75) is 44.6 Å². The summed E-state index contributed by atoms with van der Waals surface area (Å²) in [5.74, 6) is 0. The molecule has 0 aliphatic heterocycles. The third-order valence-electron chi connectivity index (χ3n) is 4.32. The number of hydrogen-bond donors (Lipinski definition) is 1. The van der Waals surface area contributed by atoms with E-state index in [0.717, 1.165) is 22.9 Å². The third kappa shape index (κ3) is 3.56. The number of rotatable bonds is 2. The van der Waals surface area contributed by atoms with Gasteiger partial charge in [-0.2, -0.15) is 0 Å². The van der Waals surface area contributed by atoms with Gasteiger partial charge >= 0.3 is 0 Å². The van der Waals surface area contributed by atoms with Crippen molar-refractivity contribution < 1.29 is 5.11 Å². The molecule has 0 saturated heterocycles. The predicted molar refractivity (Wildman–Crippen MR) is 92.4 cm³/mol. The summed E-state index contributed by atoms with van der Waals surface area (Å²) in [6, 6.07) is 12.5. The Bertz CT molecular complexity index is 660. The lowest BCUT2D eigenvalue weighted by Gasteiger charge is -2.18. The second-order valence-corrected chi connectivity index (χ2v) is 6.80. The molecule has 1 aliphatic rings. The van der Waals surface area contributed by atoms with Gasteiger partial charge in [0.05, 0.1) is 0 Å². The summed E-state index contributed by atoms with van der Waals surface area (Å²) >= 11 is 3.50. The number of halogens is 1. The van der Waals surface area contributed by atoms with Crippen molar-refractivity contribution in [3.8, 4) is 0 Å². The zero-order valence-electron chi connectivity index (χ0n) is 12.2. The number of hydrogen-bond acceptors (Lipinski definition) is 1. The Labute approximate surface area is 134 Å².